The number of hydrogen-bond acceptors (Lipinski definition) is 4. The zero-order chi connectivity index (χ0) is 19.5. The van der Waals surface area contributed by atoms with Gasteiger partial charge in [-0.25, -0.2) is 4.39 Å². The Morgan fingerprint density at radius 1 is 1.29 bits per heavy atom. The Labute approximate surface area is 164 Å². The summed E-state index contributed by atoms with van der Waals surface area (Å²) in [5.74, 6) is 0.258. The number of ether oxygens (including phenoxy) is 1. The molecule has 0 aliphatic carbocycles. The molecule has 0 radical (unpaired) electrons. The second-order valence-electron chi connectivity index (χ2n) is 8.22. The van der Waals surface area contributed by atoms with E-state index in [-0.39, 0.29) is 35.8 Å². The van der Waals surface area contributed by atoms with Crippen LogP contribution in [0.4, 0.5) is 4.39 Å². The molecule has 0 bridgehead atoms. The predicted octanol–water partition coefficient (Wildman–Crippen LogP) is 1.45. The van der Waals surface area contributed by atoms with E-state index >= 15 is 0 Å². The smallest absolute Gasteiger partial charge is 0.226 e. The predicted molar refractivity (Wildman–Crippen MR) is 102 cm³/mol. The minimum Gasteiger partial charge on any atom is -0.377 e. The number of benzene rings is 1. The minimum absolute atomic E-state index is 0.0267. The normalized spacial score (nSPS) is 28.7. The third-order valence-electron chi connectivity index (χ3n) is 6.12. The van der Waals surface area contributed by atoms with Gasteiger partial charge < -0.3 is 15.0 Å². The molecule has 2 N–H and O–H groups in total. The van der Waals surface area contributed by atoms with Crippen molar-refractivity contribution in [1.29, 1.82) is 0 Å². The van der Waals surface area contributed by atoms with Crippen molar-refractivity contribution < 1.29 is 18.7 Å². The third kappa shape index (κ3) is 4.52. The Kier molecular flexibility index (Phi) is 5.92. The first kappa shape index (κ1) is 19.3. The van der Waals surface area contributed by atoms with Crippen LogP contribution in [0.25, 0.3) is 0 Å². The Morgan fingerprint density at radius 3 is 2.82 bits per heavy atom. The molecule has 0 aromatic heterocycles. The van der Waals surface area contributed by atoms with Crippen molar-refractivity contribution >= 4 is 11.8 Å². The molecule has 3 saturated heterocycles. The summed E-state index contributed by atoms with van der Waals surface area (Å²) in [5.41, 5.74) is 1.02. The van der Waals surface area contributed by atoms with E-state index in [1.165, 1.54) is 6.07 Å². The zero-order valence-electron chi connectivity index (χ0n) is 16.0. The van der Waals surface area contributed by atoms with E-state index in [4.69, 9.17) is 4.74 Å². The number of rotatable bonds is 5. The van der Waals surface area contributed by atoms with Gasteiger partial charge in [-0.3, -0.25) is 14.9 Å². The van der Waals surface area contributed by atoms with Gasteiger partial charge >= 0.3 is 0 Å². The lowest BCUT2D eigenvalue weighted by Crippen LogP contribution is -2.58. The number of nitrogens with zero attached hydrogens (tertiary/aromatic N) is 1. The summed E-state index contributed by atoms with van der Waals surface area (Å²) in [4.78, 5) is 26.6. The van der Waals surface area contributed by atoms with Crippen LogP contribution >= 0.6 is 0 Å². The largest absolute Gasteiger partial charge is 0.377 e. The van der Waals surface area contributed by atoms with Crippen molar-refractivity contribution in [3.8, 4) is 0 Å². The Bertz CT molecular complexity index is 717. The van der Waals surface area contributed by atoms with Crippen molar-refractivity contribution in [2.24, 2.45) is 11.8 Å². The van der Waals surface area contributed by atoms with Gasteiger partial charge in [-0.15, -0.1) is 0 Å². The molecule has 0 spiro atoms. The van der Waals surface area contributed by atoms with E-state index in [1.54, 1.807) is 12.1 Å². The molecule has 3 unspecified atom stereocenters. The lowest BCUT2D eigenvalue weighted by molar-refractivity contribution is -0.152. The van der Waals surface area contributed by atoms with Crippen molar-refractivity contribution in [3.05, 3.63) is 35.6 Å². The fraction of sp³-hybridized carbons (Fsp3) is 0.619. The molecule has 3 aliphatic heterocycles. The Hall–Kier alpha value is -1.99. The van der Waals surface area contributed by atoms with Gasteiger partial charge in [-0.05, 0) is 49.3 Å². The third-order valence-corrected chi connectivity index (χ3v) is 6.12. The summed E-state index contributed by atoms with van der Waals surface area (Å²) in [6, 6.07) is 6.90. The molecule has 3 aliphatic rings. The number of carbonyl (C=O) groups excluding carboxylic acids is 2. The van der Waals surface area contributed by atoms with Crippen molar-refractivity contribution in [2.75, 3.05) is 26.3 Å². The molecule has 6 nitrogen and oxygen atoms in total. The highest BCUT2D eigenvalue weighted by Crippen LogP contribution is 2.24. The lowest BCUT2D eigenvalue weighted by Gasteiger charge is -2.42. The molecular formula is C21H28FN3O3. The van der Waals surface area contributed by atoms with Crippen molar-refractivity contribution in [2.45, 2.75) is 44.3 Å². The molecular weight excluding hydrogens is 361 g/mol. The minimum atomic E-state index is -0.195. The summed E-state index contributed by atoms with van der Waals surface area (Å²) >= 11 is 0. The van der Waals surface area contributed by atoms with Gasteiger partial charge in [0.05, 0.1) is 31.3 Å². The van der Waals surface area contributed by atoms with E-state index in [1.807, 2.05) is 11.0 Å². The SMILES string of the molecule is O=C(NC1CCC(Cc2cccc(F)c2)CN1)C1CCC(=O)N(C2COC2)C1. The first-order valence-corrected chi connectivity index (χ1v) is 10.2. The highest BCUT2D eigenvalue weighted by atomic mass is 19.1. The van der Waals surface area contributed by atoms with Crippen LogP contribution in [0, 0.1) is 17.7 Å². The van der Waals surface area contributed by atoms with Gasteiger partial charge in [0.25, 0.3) is 0 Å². The second kappa shape index (κ2) is 8.57. The Balaban J connectivity index is 1.23. The highest BCUT2D eigenvalue weighted by Gasteiger charge is 2.37. The van der Waals surface area contributed by atoms with Crippen LogP contribution < -0.4 is 10.6 Å². The first-order chi connectivity index (χ1) is 13.6. The van der Waals surface area contributed by atoms with Gasteiger partial charge in [-0.1, -0.05) is 12.1 Å². The van der Waals surface area contributed by atoms with Crippen LogP contribution in [-0.4, -0.2) is 55.2 Å². The highest BCUT2D eigenvalue weighted by molar-refractivity contribution is 5.84. The number of likely N-dealkylation sites (tertiary alicyclic amines) is 1. The molecule has 4 rings (SSSR count). The number of hydrogen-bond donors (Lipinski definition) is 2. The van der Waals surface area contributed by atoms with Crippen LogP contribution in [0.2, 0.25) is 0 Å². The zero-order valence-corrected chi connectivity index (χ0v) is 16.0. The lowest BCUT2D eigenvalue weighted by atomic mass is 9.90. The average Bonchev–Trinajstić information content (AvgIpc) is 2.64. The van der Waals surface area contributed by atoms with Gasteiger partial charge in [-0.2, -0.15) is 0 Å². The molecule has 3 fully saturated rings. The van der Waals surface area contributed by atoms with E-state index in [0.29, 0.717) is 38.5 Å². The summed E-state index contributed by atoms with van der Waals surface area (Å²) in [6.45, 7) is 2.46. The van der Waals surface area contributed by atoms with Gasteiger partial charge in [0.2, 0.25) is 11.8 Å². The molecule has 7 heteroatoms. The summed E-state index contributed by atoms with van der Waals surface area (Å²) < 4.78 is 18.5. The monoisotopic (exact) mass is 389 g/mol. The summed E-state index contributed by atoms with van der Waals surface area (Å²) in [5, 5.41) is 6.53. The van der Waals surface area contributed by atoms with Crippen LogP contribution in [0.5, 0.6) is 0 Å². The maximum absolute atomic E-state index is 13.3. The molecule has 152 valence electrons. The van der Waals surface area contributed by atoms with Gasteiger partial charge in [0.15, 0.2) is 0 Å². The van der Waals surface area contributed by atoms with E-state index in [2.05, 4.69) is 10.6 Å². The number of carbonyl (C=O) groups is 2. The molecule has 2 amide bonds. The maximum Gasteiger partial charge on any atom is 0.226 e. The molecule has 0 saturated carbocycles. The molecule has 1 aromatic rings. The fourth-order valence-electron chi connectivity index (χ4n) is 4.34. The second-order valence-corrected chi connectivity index (χ2v) is 8.22. The number of piperidine rings is 2. The van der Waals surface area contributed by atoms with Crippen molar-refractivity contribution in [1.82, 2.24) is 15.5 Å². The van der Waals surface area contributed by atoms with Crippen LogP contribution in [0.3, 0.4) is 0 Å². The van der Waals surface area contributed by atoms with Gasteiger partial charge in [0.1, 0.15) is 5.82 Å². The van der Waals surface area contributed by atoms with E-state index in [9.17, 15) is 14.0 Å². The van der Waals surface area contributed by atoms with E-state index < -0.39 is 0 Å². The summed E-state index contributed by atoms with van der Waals surface area (Å²) in [6.07, 6.45) is 3.70. The fourth-order valence-corrected chi connectivity index (χ4v) is 4.34. The number of nitrogens with one attached hydrogen (secondary N) is 2. The van der Waals surface area contributed by atoms with E-state index in [0.717, 1.165) is 31.4 Å². The quantitative estimate of drug-likeness (QED) is 0.800. The molecule has 28 heavy (non-hydrogen) atoms. The Morgan fingerprint density at radius 2 is 2.14 bits per heavy atom. The standard InChI is InChI=1S/C21H28FN3O3/c22-17-3-1-2-14(9-17)8-15-4-6-19(23-10-15)24-21(27)16-5-7-20(26)25(11-16)18-12-28-13-18/h1-3,9,15-16,18-19,23H,4-8,10-13H2,(H,24,27). The number of amides is 2. The summed E-state index contributed by atoms with van der Waals surface area (Å²) in [7, 11) is 0. The van der Waals surface area contributed by atoms with Crippen molar-refractivity contribution in [3.63, 3.8) is 0 Å². The van der Waals surface area contributed by atoms with Gasteiger partial charge in [0, 0.05) is 19.5 Å². The number of halogens is 1. The molecule has 1 aromatic carbocycles. The molecule has 3 atom stereocenters. The van der Waals surface area contributed by atoms with Crippen LogP contribution in [-0.2, 0) is 20.7 Å². The van der Waals surface area contributed by atoms with Crippen LogP contribution in [0.15, 0.2) is 24.3 Å². The maximum atomic E-state index is 13.3. The average molecular weight is 389 g/mol. The molecule has 3 heterocycles. The topological polar surface area (TPSA) is 70.7 Å². The first-order valence-electron chi connectivity index (χ1n) is 10.2. The van der Waals surface area contributed by atoms with Crippen LogP contribution in [0.1, 0.15) is 31.2 Å².